The minimum atomic E-state index is -3.97. The SMILES string of the molecule is N#C/C(=C\c1ccccc1OCc1cccnc1)S(=O)(=O)c1ccc(Cl)cc1. The number of halogens is 1. The largest absolute Gasteiger partial charge is 0.488 e. The van der Waals surface area contributed by atoms with Crippen molar-refractivity contribution in [2.24, 2.45) is 0 Å². The molecule has 0 atom stereocenters. The molecule has 1 heterocycles. The van der Waals surface area contributed by atoms with E-state index in [1.165, 1.54) is 30.3 Å². The number of sulfone groups is 1. The maximum Gasteiger partial charge on any atom is 0.216 e. The molecule has 0 amide bonds. The number of allylic oxidation sites excluding steroid dienone is 1. The summed E-state index contributed by atoms with van der Waals surface area (Å²) in [4.78, 5) is 3.65. The highest BCUT2D eigenvalue weighted by atomic mass is 35.5. The van der Waals surface area contributed by atoms with E-state index in [1.54, 1.807) is 48.8 Å². The van der Waals surface area contributed by atoms with Gasteiger partial charge >= 0.3 is 0 Å². The quantitative estimate of drug-likeness (QED) is 0.552. The average molecular weight is 411 g/mol. The Labute approximate surface area is 168 Å². The van der Waals surface area contributed by atoms with Gasteiger partial charge in [0, 0.05) is 28.5 Å². The van der Waals surface area contributed by atoms with Crippen molar-refractivity contribution in [3.8, 4) is 11.8 Å². The molecule has 0 N–H and O–H groups in total. The van der Waals surface area contributed by atoms with Crippen LogP contribution >= 0.6 is 11.6 Å². The van der Waals surface area contributed by atoms with Crippen molar-refractivity contribution >= 4 is 27.5 Å². The van der Waals surface area contributed by atoms with Gasteiger partial charge in [-0.15, -0.1) is 0 Å². The third-order valence-electron chi connectivity index (χ3n) is 3.85. The second-order valence-electron chi connectivity index (χ2n) is 5.77. The van der Waals surface area contributed by atoms with E-state index in [9.17, 15) is 13.7 Å². The van der Waals surface area contributed by atoms with Gasteiger partial charge < -0.3 is 4.74 Å². The zero-order chi connectivity index (χ0) is 20.0. The first-order chi connectivity index (χ1) is 13.5. The van der Waals surface area contributed by atoms with Crippen LogP contribution in [0, 0.1) is 11.3 Å². The Balaban J connectivity index is 1.93. The zero-order valence-electron chi connectivity index (χ0n) is 14.6. The maximum atomic E-state index is 12.8. The van der Waals surface area contributed by atoms with E-state index < -0.39 is 9.84 Å². The van der Waals surface area contributed by atoms with E-state index in [1.807, 2.05) is 6.07 Å². The molecule has 3 rings (SSSR count). The minimum Gasteiger partial charge on any atom is -0.488 e. The third-order valence-corrected chi connectivity index (χ3v) is 5.78. The second-order valence-corrected chi connectivity index (χ2v) is 8.12. The highest BCUT2D eigenvalue weighted by Crippen LogP contribution is 2.27. The molecule has 7 heteroatoms. The van der Waals surface area contributed by atoms with Crippen LogP contribution in [0.4, 0.5) is 0 Å². The number of rotatable bonds is 6. The molecular formula is C21H15ClN2O3S. The summed E-state index contributed by atoms with van der Waals surface area (Å²) < 4.78 is 31.4. The van der Waals surface area contributed by atoms with Gasteiger partial charge in [0.05, 0.1) is 4.90 Å². The van der Waals surface area contributed by atoms with E-state index in [0.29, 0.717) is 16.3 Å². The van der Waals surface area contributed by atoms with Gasteiger partial charge in [0.1, 0.15) is 23.3 Å². The lowest BCUT2D eigenvalue weighted by molar-refractivity contribution is 0.305. The normalized spacial score (nSPS) is 11.6. The molecule has 0 aliphatic heterocycles. The molecule has 1 aromatic heterocycles. The Morgan fingerprint density at radius 1 is 1.11 bits per heavy atom. The molecular weight excluding hydrogens is 396 g/mol. The Kier molecular flexibility index (Phi) is 6.09. The molecule has 0 aliphatic rings. The summed E-state index contributed by atoms with van der Waals surface area (Å²) in [6.07, 6.45) is 4.66. The molecule has 28 heavy (non-hydrogen) atoms. The lowest BCUT2D eigenvalue weighted by Gasteiger charge is -2.10. The van der Waals surface area contributed by atoms with Gasteiger partial charge in [-0.2, -0.15) is 5.26 Å². The Morgan fingerprint density at radius 3 is 2.54 bits per heavy atom. The second kappa shape index (κ2) is 8.70. The molecule has 0 unspecified atom stereocenters. The van der Waals surface area contributed by atoms with Gasteiger partial charge in [-0.3, -0.25) is 4.98 Å². The van der Waals surface area contributed by atoms with Gasteiger partial charge in [0.25, 0.3) is 0 Å². The third kappa shape index (κ3) is 4.58. The van der Waals surface area contributed by atoms with Crippen LogP contribution in [0.25, 0.3) is 6.08 Å². The first-order valence-corrected chi connectivity index (χ1v) is 10.1. The summed E-state index contributed by atoms with van der Waals surface area (Å²) in [5, 5.41) is 9.88. The number of nitriles is 1. The first kappa shape index (κ1) is 19.6. The number of nitrogens with zero attached hydrogens (tertiary/aromatic N) is 2. The molecule has 0 bridgehead atoms. The smallest absolute Gasteiger partial charge is 0.216 e. The minimum absolute atomic E-state index is 0.00143. The van der Waals surface area contributed by atoms with Gasteiger partial charge in [0.2, 0.25) is 9.84 Å². The summed E-state index contributed by atoms with van der Waals surface area (Å²) in [7, 11) is -3.97. The van der Waals surface area contributed by atoms with Crippen LogP contribution in [0.5, 0.6) is 5.75 Å². The lowest BCUT2D eigenvalue weighted by Crippen LogP contribution is -2.04. The van der Waals surface area contributed by atoms with Crippen LogP contribution in [0.2, 0.25) is 5.02 Å². The molecule has 140 valence electrons. The lowest BCUT2D eigenvalue weighted by atomic mass is 10.2. The molecule has 0 saturated carbocycles. The van der Waals surface area contributed by atoms with Gasteiger partial charge in [0.15, 0.2) is 0 Å². The molecule has 0 spiro atoms. The molecule has 0 radical (unpaired) electrons. The van der Waals surface area contributed by atoms with Crippen molar-refractivity contribution in [1.29, 1.82) is 5.26 Å². The predicted molar refractivity (Wildman–Crippen MR) is 107 cm³/mol. The van der Waals surface area contributed by atoms with Crippen molar-refractivity contribution in [3.63, 3.8) is 0 Å². The fraction of sp³-hybridized carbons (Fsp3) is 0.0476. The summed E-state index contributed by atoms with van der Waals surface area (Å²) in [5.41, 5.74) is 1.36. The van der Waals surface area contributed by atoms with Crippen LogP contribution in [0.15, 0.2) is 82.9 Å². The van der Waals surface area contributed by atoms with Crippen molar-refractivity contribution in [2.45, 2.75) is 11.5 Å². The fourth-order valence-electron chi connectivity index (χ4n) is 2.43. The van der Waals surface area contributed by atoms with Gasteiger partial charge in [-0.05, 0) is 42.5 Å². The number of ether oxygens (including phenoxy) is 1. The highest BCUT2D eigenvalue weighted by Gasteiger charge is 2.21. The van der Waals surface area contributed by atoms with E-state index in [-0.39, 0.29) is 16.4 Å². The molecule has 5 nitrogen and oxygen atoms in total. The topological polar surface area (TPSA) is 80.0 Å². The fourth-order valence-corrected chi connectivity index (χ4v) is 3.70. The summed E-state index contributed by atoms with van der Waals surface area (Å²) in [6.45, 7) is 0.268. The van der Waals surface area contributed by atoms with E-state index in [2.05, 4.69) is 4.98 Å². The Bertz CT molecular complexity index is 1140. The van der Waals surface area contributed by atoms with E-state index in [0.717, 1.165) is 5.56 Å². The molecule has 0 aliphatic carbocycles. The number of hydrogen-bond acceptors (Lipinski definition) is 5. The number of benzene rings is 2. The monoisotopic (exact) mass is 410 g/mol. The highest BCUT2D eigenvalue weighted by molar-refractivity contribution is 7.95. The molecule has 2 aromatic carbocycles. The molecule has 3 aromatic rings. The average Bonchev–Trinajstić information content (AvgIpc) is 2.72. The molecule has 0 saturated heterocycles. The number of hydrogen-bond donors (Lipinski definition) is 0. The van der Waals surface area contributed by atoms with E-state index >= 15 is 0 Å². The number of para-hydroxylation sites is 1. The standard InChI is InChI=1S/C21H15ClN2O3S/c22-18-7-9-19(10-8-18)28(25,26)20(13-23)12-17-5-1-2-6-21(17)27-15-16-4-3-11-24-14-16/h1-12,14H,15H2/b20-12+. The van der Waals surface area contributed by atoms with E-state index in [4.69, 9.17) is 16.3 Å². The van der Waals surface area contributed by atoms with Crippen molar-refractivity contribution in [2.75, 3.05) is 0 Å². The number of aromatic nitrogens is 1. The van der Waals surface area contributed by atoms with Crippen LogP contribution in [0.3, 0.4) is 0 Å². The van der Waals surface area contributed by atoms with Crippen molar-refractivity contribution < 1.29 is 13.2 Å². The van der Waals surface area contributed by atoms with Crippen molar-refractivity contribution in [3.05, 3.63) is 94.1 Å². The van der Waals surface area contributed by atoms with Crippen LogP contribution in [0.1, 0.15) is 11.1 Å². The summed E-state index contributed by atoms with van der Waals surface area (Å²) >= 11 is 5.82. The number of pyridine rings is 1. The Morgan fingerprint density at radius 2 is 1.86 bits per heavy atom. The van der Waals surface area contributed by atoms with Crippen LogP contribution in [-0.2, 0) is 16.4 Å². The zero-order valence-corrected chi connectivity index (χ0v) is 16.2. The Hall–Kier alpha value is -3.14. The van der Waals surface area contributed by atoms with Gasteiger partial charge in [-0.25, -0.2) is 8.42 Å². The maximum absolute atomic E-state index is 12.8. The predicted octanol–water partition coefficient (Wildman–Crippen LogP) is 4.65. The summed E-state index contributed by atoms with van der Waals surface area (Å²) in [6, 6.07) is 18.0. The first-order valence-electron chi connectivity index (χ1n) is 8.24. The van der Waals surface area contributed by atoms with Crippen LogP contribution < -0.4 is 4.74 Å². The molecule has 0 fully saturated rings. The van der Waals surface area contributed by atoms with Crippen molar-refractivity contribution in [1.82, 2.24) is 4.98 Å². The summed E-state index contributed by atoms with van der Waals surface area (Å²) in [5.74, 6) is 0.463. The van der Waals surface area contributed by atoms with Crippen LogP contribution in [-0.4, -0.2) is 13.4 Å². The van der Waals surface area contributed by atoms with Gasteiger partial charge in [-0.1, -0.05) is 35.9 Å².